The van der Waals surface area contributed by atoms with Crippen molar-refractivity contribution >= 4 is 17.4 Å². The molecule has 0 spiro atoms. The number of aliphatic hydroxyl groups is 1. The number of ether oxygens (including phenoxy) is 1. The van der Waals surface area contributed by atoms with Crippen molar-refractivity contribution in [2.24, 2.45) is 0 Å². The van der Waals surface area contributed by atoms with Gasteiger partial charge in [-0.15, -0.1) is 0 Å². The Morgan fingerprint density at radius 1 is 1.06 bits per heavy atom. The minimum atomic E-state index is -0.752. The molecule has 1 amide bonds. The summed E-state index contributed by atoms with van der Waals surface area (Å²) in [5.41, 5.74) is 3.30. The lowest BCUT2D eigenvalue weighted by atomic mass is 9.94. The molecule has 1 saturated heterocycles. The highest BCUT2D eigenvalue weighted by Crippen LogP contribution is 2.40. The van der Waals surface area contributed by atoms with Gasteiger partial charge >= 0.3 is 0 Å². The highest BCUT2D eigenvalue weighted by atomic mass is 16.5. The maximum atomic E-state index is 13.1. The molecular formula is C25H23NO5. The first-order valence-corrected chi connectivity index (χ1v) is 9.93. The van der Waals surface area contributed by atoms with Crippen molar-refractivity contribution in [3.05, 3.63) is 94.4 Å². The van der Waals surface area contributed by atoms with E-state index in [1.807, 2.05) is 26.0 Å². The number of hydrogen-bond donors (Lipinski definition) is 1. The number of aryl methyl sites for hydroxylation is 2. The molecule has 158 valence electrons. The van der Waals surface area contributed by atoms with Gasteiger partial charge in [0.05, 0.1) is 31.5 Å². The Morgan fingerprint density at radius 2 is 1.81 bits per heavy atom. The highest BCUT2D eigenvalue weighted by molar-refractivity contribution is 6.46. The van der Waals surface area contributed by atoms with E-state index in [1.165, 1.54) is 11.2 Å². The zero-order chi connectivity index (χ0) is 22.1. The van der Waals surface area contributed by atoms with E-state index in [0.717, 1.165) is 11.1 Å². The van der Waals surface area contributed by atoms with Gasteiger partial charge in [-0.05, 0) is 60.9 Å². The Labute approximate surface area is 180 Å². The molecule has 1 N–H and O–H groups in total. The van der Waals surface area contributed by atoms with Crippen molar-refractivity contribution in [1.29, 1.82) is 0 Å². The molecule has 1 aromatic heterocycles. The van der Waals surface area contributed by atoms with E-state index < -0.39 is 17.7 Å². The molecule has 1 aliphatic heterocycles. The van der Waals surface area contributed by atoms with Crippen molar-refractivity contribution in [1.82, 2.24) is 4.90 Å². The minimum absolute atomic E-state index is 0.0602. The first-order valence-electron chi connectivity index (χ1n) is 9.93. The average Bonchev–Trinajstić information content (AvgIpc) is 3.38. The van der Waals surface area contributed by atoms with Crippen molar-refractivity contribution in [2.45, 2.75) is 26.4 Å². The lowest BCUT2D eigenvalue weighted by Gasteiger charge is -2.24. The van der Waals surface area contributed by atoms with E-state index in [1.54, 1.807) is 49.6 Å². The molecule has 2 aromatic carbocycles. The van der Waals surface area contributed by atoms with Crippen molar-refractivity contribution in [3.63, 3.8) is 0 Å². The molecule has 0 saturated carbocycles. The third-order valence-corrected chi connectivity index (χ3v) is 5.66. The van der Waals surface area contributed by atoms with Crippen LogP contribution in [0, 0.1) is 13.8 Å². The molecule has 1 aliphatic rings. The smallest absolute Gasteiger partial charge is 0.296 e. The standard InChI is InChI=1S/C25H23NO5/c1-15-6-7-18(13-16(15)2)23(27)21-22(17-8-10-19(30-3)11-9-17)26(25(29)24(21)28)14-20-5-4-12-31-20/h4-13,22,27H,14H2,1-3H3/b23-21-. The Bertz CT molecular complexity index is 1160. The molecule has 0 bridgehead atoms. The van der Waals surface area contributed by atoms with Crippen LogP contribution in [0.4, 0.5) is 0 Å². The average molecular weight is 417 g/mol. The number of carbonyl (C=O) groups is 2. The van der Waals surface area contributed by atoms with Crippen LogP contribution in [0.2, 0.25) is 0 Å². The molecule has 0 radical (unpaired) electrons. The number of likely N-dealkylation sites (tertiary alicyclic amines) is 1. The normalized spacial score (nSPS) is 17.9. The second-order valence-electron chi connectivity index (χ2n) is 7.58. The number of hydrogen-bond acceptors (Lipinski definition) is 5. The number of Topliss-reactive ketones (excluding diaryl/α,β-unsaturated/α-hetero) is 1. The van der Waals surface area contributed by atoms with Gasteiger partial charge in [0.15, 0.2) is 0 Å². The SMILES string of the molecule is COc1ccc(C2/C(=C(/O)c3ccc(C)c(C)c3)C(=O)C(=O)N2Cc2ccco2)cc1. The fraction of sp³-hybridized carbons (Fsp3) is 0.200. The molecular weight excluding hydrogens is 394 g/mol. The maximum absolute atomic E-state index is 13.1. The van der Waals surface area contributed by atoms with Gasteiger partial charge in [0, 0.05) is 5.56 Å². The van der Waals surface area contributed by atoms with Crippen LogP contribution in [0.5, 0.6) is 5.75 Å². The molecule has 3 aromatic rings. The number of carbonyl (C=O) groups excluding carboxylic acids is 2. The number of aliphatic hydroxyl groups excluding tert-OH is 1. The summed E-state index contributed by atoms with van der Waals surface area (Å²) in [4.78, 5) is 27.4. The van der Waals surface area contributed by atoms with Crippen LogP contribution in [0.3, 0.4) is 0 Å². The predicted octanol–water partition coefficient (Wildman–Crippen LogP) is 4.53. The van der Waals surface area contributed by atoms with E-state index in [0.29, 0.717) is 22.6 Å². The first-order chi connectivity index (χ1) is 14.9. The summed E-state index contributed by atoms with van der Waals surface area (Å²) < 4.78 is 10.6. The molecule has 1 unspecified atom stereocenters. The summed E-state index contributed by atoms with van der Waals surface area (Å²) >= 11 is 0. The minimum Gasteiger partial charge on any atom is -0.507 e. The van der Waals surface area contributed by atoms with Crippen molar-refractivity contribution in [3.8, 4) is 5.75 Å². The van der Waals surface area contributed by atoms with Gasteiger partial charge in [-0.25, -0.2) is 0 Å². The van der Waals surface area contributed by atoms with E-state index >= 15 is 0 Å². The lowest BCUT2D eigenvalue weighted by Crippen LogP contribution is -2.29. The van der Waals surface area contributed by atoms with Crippen molar-refractivity contribution in [2.75, 3.05) is 7.11 Å². The second-order valence-corrected chi connectivity index (χ2v) is 7.58. The molecule has 4 rings (SSSR count). The van der Waals surface area contributed by atoms with Crippen LogP contribution in [0.25, 0.3) is 5.76 Å². The van der Waals surface area contributed by atoms with Crippen LogP contribution in [0.1, 0.15) is 34.1 Å². The molecule has 6 nitrogen and oxygen atoms in total. The summed E-state index contributed by atoms with van der Waals surface area (Å²) in [6.45, 7) is 4.01. The number of amides is 1. The second kappa shape index (κ2) is 8.14. The Balaban J connectivity index is 1.86. The van der Waals surface area contributed by atoms with E-state index in [9.17, 15) is 14.7 Å². The quantitative estimate of drug-likeness (QED) is 0.375. The number of rotatable bonds is 5. The van der Waals surface area contributed by atoms with Crippen LogP contribution in [0.15, 0.2) is 70.9 Å². The molecule has 1 atom stereocenters. The number of benzene rings is 2. The fourth-order valence-corrected chi connectivity index (χ4v) is 3.79. The largest absolute Gasteiger partial charge is 0.507 e. The zero-order valence-electron chi connectivity index (χ0n) is 17.6. The monoisotopic (exact) mass is 417 g/mol. The van der Waals surface area contributed by atoms with Gasteiger partial charge in [-0.2, -0.15) is 0 Å². The van der Waals surface area contributed by atoms with E-state index in [-0.39, 0.29) is 17.9 Å². The maximum Gasteiger partial charge on any atom is 0.296 e. The molecule has 0 aliphatic carbocycles. The van der Waals surface area contributed by atoms with Gasteiger partial charge < -0.3 is 19.2 Å². The van der Waals surface area contributed by atoms with Crippen LogP contribution in [-0.4, -0.2) is 28.8 Å². The molecule has 2 heterocycles. The summed E-state index contributed by atoms with van der Waals surface area (Å²) in [5.74, 6) is -0.387. The summed E-state index contributed by atoms with van der Waals surface area (Å²) in [6, 6.07) is 15.3. The first kappa shape index (κ1) is 20.5. The third kappa shape index (κ3) is 3.72. The van der Waals surface area contributed by atoms with E-state index in [2.05, 4.69) is 0 Å². The van der Waals surface area contributed by atoms with E-state index in [4.69, 9.17) is 9.15 Å². The fourth-order valence-electron chi connectivity index (χ4n) is 3.79. The highest BCUT2D eigenvalue weighted by Gasteiger charge is 2.46. The van der Waals surface area contributed by atoms with Crippen molar-refractivity contribution < 1.29 is 23.8 Å². The number of ketones is 1. The lowest BCUT2D eigenvalue weighted by molar-refractivity contribution is -0.140. The van der Waals surface area contributed by atoms with Gasteiger partial charge in [0.2, 0.25) is 0 Å². The molecule has 6 heteroatoms. The summed E-state index contributed by atoms with van der Waals surface area (Å²) in [5, 5.41) is 11.1. The Hall–Kier alpha value is -3.80. The van der Waals surface area contributed by atoms with Gasteiger partial charge in [-0.3, -0.25) is 9.59 Å². The van der Waals surface area contributed by atoms with Gasteiger partial charge in [0.1, 0.15) is 17.3 Å². The number of furan rings is 1. The Kier molecular flexibility index (Phi) is 5.38. The number of nitrogens with zero attached hydrogens (tertiary/aromatic N) is 1. The zero-order valence-corrected chi connectivity index (χ0v) is 17.6. The Morgan fingerprint density at radius 3 is 2.42 bits per heavy atom. The molecule has 1 fully saturated rings. The van der Waals surface area contributed by atoms with Crippen LogP contribution < -0.4 is 4.74 Å². The van der Waals surface area contributed by atoms with Gasteiger partial charge in [0.25, 0.3) is 11.7 Å². The van der Waals surface area contributed by atoms with Crippen LogP contribution in [-0.2, 0) is 16.1 Å². The predicted molar refractivity (Wildman–Crippen MR) is 115 cm³/mol. The summed E-state index contributed by atoms with van der Waals surface area (Å²) in [7, 11) is 1.57. The molecule has 31 heavy (non-hydrogen) atoms. The van der Waals surface area contributed by atoms with Crippen LogP contribution >= 0.6 is 0 Å². The third-order valence-electron chi connectivity index (χ3n) is 5.66. The topological polar surface area (TPSA) is 80.0 Å². The number of methoxy groups -OCH3 is 1. The van der Waals surface area contributed by atoms with Gasteiger partial charge in [-0.1, -0.05) is 24.3 Å². The summed E-state index contributed by atoms with van der Waals surface area (Å²) in [6.07, 6.45) is 1.52.